The summed E-state index contributed by atoms with van der Waals surface area (Å²) in [6, 6.07) is -10.2. The molecule has 29 heteroatoms. The summed E-state index contributed by atoms with van der Waals surface area (Å²) in [4.78, 5) is 194. The molecule has 1 spiro atoms. The van der Waals surface area contributed by atoms with E-state index >= 15 is 33.6 Å². The van der Waals surface area contributed by atoms with Gasteiger partial charge in [-0.05, 0) is 144 Å². The summed E-state index contributed by atoms with van der Waals surface area (Å²) in [5, 5.41) is 10.0. The molecule has 3 aliphatic carbocycles. The molecule has 6 fully saturated rings. The first-order valence-corrected chi connectivity index (χ1v) is 40.9. The van der Waals surface area contributed by atoms with Crippen LogP contribution in [0.3, 0.4) is 0 Å². The molecule has 7 rings (SSSR count). The highest BCUT2D eigenvalue weighted by Gasteiger charge is 2.59. The fourth-order valence-electron chi connectivity index (χ4n) is 18.4. The van der Waals surface area contributed by atoms with Crippen molar-refractivity contribution >= 4 is 82.6 Å². The molecule has 12 amide bonds. The molecule has 3 N–H and O–H groups in total. The Morgan fingerprint density at radius 3 is 1.91 bits per heavy atom. The lowest BCUT2D eigenvalue weighted by atomic mass is 9.58. The molecule has 4 aliphatic heterocycles. The van der Waals surface area contributed by atoms with Crippen molar-refractivity contribution in [1.82, 2.24) is 60.0 Å². The molecule has 25 nitrogen and oxygen atoms in total. The zero-order chi connectivity index (χ0) is 80.4. The summed E-state index contributed by atoms with van der Waals surface area (Å²) in [5.41, 5.74) is -2.12. The zero-order valence-electron chi connectivity index (χ0n) is 67.8. The quantitative estimate of drug-likeness (QED) is 0.136. The molecule has 108 heavy (non-hydrogen) atoms. The Morgan fingerprint density at radius 1 is 0.676 bits per heavy atom. The second-order valence-electron chi connectivity index (χ2n) is 33.7. The molecule has 0 aromatic rings. The minimum Gasteiger partial charge on any atom is -0.377 e. The van der Waals surface area contributed by atoms with E-state index in [0.29, 0.717) is 54.4 Å². The number of rotatable bonds is 15. The number of carbonyl (C=O) groups excluding carboxylic acids is 12. The fourth-order valence-corrected chi connectivity index (χ4v) is 20.2. The van der Waals surface area contributed by atoms with Crippen LogP contribution in [0.15, 0.2) is 12.2 Å². The van der Waals surface area contributed by atoms with Crippen molar-refractivity contribution in [1.29, 1.82) is 0 Å². The van der Waals surface area contributed by atoms with Gasteiger partial charge in [0.05, 0.1) is 31.5 Å². The summed E-state index contributed by atoms with van der Waals surface area (Å²) in [7, 11) is 11.4. The van der Waals surface area contributed by atoms with E-state index in [1.54, 1.807) is 26.0 Å². The number of hydrogen-bond acceptors (Lipinski definition) is 14. The van der Waals surface area contributed by atoms with Crippen molar-refractivity contribution in [2.24, 2.45) is 46.8 Å². The van der Waals surface area contributed by atoms with Gasteiger partial charge in [-0.1, -0.05) is 100 Å². The van der Waals surface area contributed by atoms with Crippen LogP contribution in [0.1, 0.15) is 204 Å². The molecule has 0 radical (unpaired) electrons. The molecule has 0 aromatic heterocycles. The van der Waals surface area contributed by atoms with Crippen LogP contribution in [0, 0.1) is 46.8 Å². The third-order valence-electron chi connectivity index (χ3n) is 25.3. The highest BCUT2D eigenvalue weighted by molar-refractivity contribution is 8.00. The van der Waals surface area contributed by atoms with Crippen molar-refractivity contribution < 1.29 is 75.4 Å². The number of ether oxygens (including phenoxy) is 1. The van der Waals surface area contributed by atoms with Gasteiger partial charge in [-0.15, -0.1) is 0 Å². The topological polar surface area (TPSA) is 279 Å². The van der Waals surface area contributed by atoms with Crippen molar-refractivity contribution in [3.05, 3.63) is 12.2 Å². The molecule has 4 heterocycles. The number of hydrogen-bond donors (Lipinski definition) is 3. The lowest BCUT2D eigenvalue weighted by molar-refractivity contribution is -0.184. The molecule has 0 aromatic carbocycles. The molecule has 2 bridgehead atoms. The van der Waals surface area contributed by atoms with Crippen molar-refractivity contribution in [2.75, 3.05) is 89.2 Å². The second-order valence-corrected chi connectivity index (χ2v) is 35.3. The lowest BCUT2D eigenvalue weighted by Gasteiger charge is -2.54. The maximum absolute atomic E-state index is 15.9. The second kappa shape index (κ2) is 38.1. The molecule has 5 unspecified atom stereocenters. The Balaban J connectivity index is 1.33. The van der Waals surface area contributed by atoms with E-state index in [2.05, 4.69) is 29.8 Å². The van der Waals surface area contributed by atoms with E-state index in [1.165, 1.54) is 90.7 Å². The number of thioether (sulfide) groups is 1. The van der Waals surface area contributed by atoms with E-state index in [9.17, 15) is 37.1 Å². The predicted octanol–water partition coefficient (Wildman–Crippen LogP) is 7.28. The number of nitrogens with one attached hydrogen (secondary N) is 3. The average Bonchev–Trinajstić information content (AvgIpc) is 0.801. The van der Waals surface area contributed by atoms with E-state index in [0.717, 1.165) is 29.1 Å². The normalized spacial score (nSPS) is 32.6. The van der Waals surface area contributed by atoms with Gasteiger partial charge in [0, 0.05) is 93.0 Å². The maximum atomic E-state index is 15.9. The Kier molecular flexibility index (Phi) is 31.3. The van der Waals surface area contributed by atoms with Gasteiger partial charge in [0.15, 0.2) is 0 Å². The molecule has 610 valence electrons. The fraction of sp³-hybridized carbons (Fsp3) is 0.823. The Labute approximate surface area is 644 Å². The molecule has 3 saturated carbocycles. The third-order valence-corrected chi connectivity index (χ3v) is 27.0. The monoisotopic (exact) mass is 1540 g/mol. The van der Waals surface area contributed by atoms with Crippen LogP contribution in [0.25, 0.3) is 0 Å². The zero-order valence-corrected chi connectivity index (χ0v) is 68.6. The maximum Gasteiger partial charge on any atom is 0.391 e. The van der Waals surface area contributed by atoms with Gasteiger partial charge in [-0.25, -0.2) is 0 Å². The number of fused-ring (bicyclic) bond motifs is 4. The molecule has 3 saturated heterocycles. The largest absolute Gasteiger partial charge is 0.391 e. The van der Waals surface area contributed by atoms with Crippen molar-refractivity contribution in [2.45, 2.75) is 281 Å². The van der Waals surface area contributed by atoms with E-state index in [4.69, 9.17) is 4.74 Å². The average molecular weight is 1540 g/mol. The summed E-state index contributed by atoms with van der Waals surface area (Å²) >= 11 is 2.02. The summed E-state index contributed by atoms with van der Waals surface area (Å²) in [5.74, 6) is -9.87. The van der Waals surface area contributed by atoms with Crippen LogP contribution in [0.4, 0.5) is 13.2 Å². The van der Waals surface area contributed by atoms with Crippen molar-refractivity contribution in [3.8, 4) is 0 Å². The highest BCUT2D eigenvalue weighted by atomic mass is 32.2. The summed E-state index contributed by atoms with van der Waals surface area (Å²) < 4.78 is 48.8. The highest BCUT2D eigenvalue weighted by Crippen LogP contribution is 2.52. The SMILES string of the molecule is CCC[C@H]1C(=O)N[C@@H]([C@@H](C)CC)C(=O)N(C)CC(=O)N(C)[C@H]2C/C=C\CCN(C2=O)[C@@H](CC2CCC(C(F)(F)F)CC2)C(=O)N(C)CC(=O)N[C@@H](CCC2CCC3SC(C)C(C)C3C2)C(=O)N2C[C@H](OCC)C[C@H]2C(=O)NC2(CC(C)(C)C2)C(=O)N(C)[C@@H](C(CC)CC)C(=O)N(C)[C@H](C(=O)N(C)C)CC(=O)N1C. The first kappa shape index (κ1) is 88.7. The molecular weight excluding hydrogens is 1410 g/mol. The van der Waals surface area contributed by atoms with E-state index in [1.807, 2.05) is 53.3 Å². The molecular formula is C79H129F3N12O13S. The Bertz CT molecular complexity index is 3230. The van der Waals surface area contributed by atoms with Gasteiger partial charge in [-0.2, -0.15) is 24.9 Å². The Morgan fingerprint density at radius 2 is 1.31 bits per heavy atom. The first-order chi connectivity index (χ1) is 50.7. The van der Waals surface area contributed by atoms with Crippen molar-refractivity contribution in [3.63, 3.8) is 0 Å². The summed E-state index contributed by atoms with van der Waals surface area (Å²) in [6.45, 7) is 18.3. The smallest absolute Gasteiger partial charge is 0.377 e. The number of halogens is 3. The number of nitrogens with zero attached hydrogens (tertiary/aromatic N) is 9. The van der Waals surface area contributed by atoms with Gasteiger partial charge < -0.3 is 64.8 Å². The standard InChI is InChI=1S/C79H129F3N12O13S/c1-19-27-57-68(98)84-66(47(6)20-2)74(104)88(14)44-65(97)90(16)58-28-25-24-26-37-93(73(58)103)61(39-51-29-33-53(34-30-51)79(80,81)82)72(102)87(13)43-63(95)83-56(35-31-50-32-36-62-55(38-50)48(7)49(8)108-62)70(100)94-42-54(107-23-5)40-59(94)69(99)85-78(45-77(9,10)46-78)76(106)92(18)67(52(21-3)22-4)75(105)91(17)60(71(101)86(11)12)41-64(96)89(57)15/h24-25,47-62,66-67H,19-23,26-46H2,1-18H3,(H,83,95)(H,84,98)(H,85,99)/b25-24-/t47-,48?,49?,50?,51?,53?,54+,55?,56-,57-,58-,59-,60-,61-,62?,66-,67-/m0/s1. The van der Waals surface area contributed by atoms with Gasteiger partial charge in [0.2, 0.25) is 70.9 Å². The van der Waals surface area contributed by atoms with Crippen LogP contribution >= 0.6 is 11.8 Å². The van der Waals surface area contributed by atoms with E-state index in [-0.39, 0.29) is 103 Å². The van der Waals surface area contributed by atoms with Crippen LogP contribution in [-0.4, -0.2) is 281 Å². The summed E-state index contributed by atoms with van der Waals surface area (Å²) in [6.07, 6.45) is 3.30. The predicted molar refractivity (Wildman–Crippen MR) is 407 cm³/mol. The van der Waals surface area contributed by atoms with Gasteiger partial charge >= 0.3 is 6.18 Å². The van der Waals surface area contributed by atoms with Crippen LogP contribution in [0.2, 0.25) is 0 Å². The van der Waals surface area contributed by atoms with Crippen LogP contribution < -0.4 is 16.0 Å². The minimum absolute atomic E-state index is 0.0228. The van der Waals surface area contributed by atoms with Gasteiger partial charge in [-0.3, -0.25) is 57.5 Å². The van der Waals surface area contributed by atoms with Crippen LogP contribution in [0.5, 0.6) is 0 Å². The van der Waals surface area contributed by atoms with Crippen LogP contribution in [-0.2, 0) is 62.3 Å². The van der Waals surface area contributed by atoms with E-state index < -0.39 is 186 Å². The Hall–Kier alpha value is -6.52. The first-order valence-electron chi connectivity index (χ1n) is 40.0. The number of likely N-dealkylation sites (N-methyl/N-ethyl adjacent to an activating group) is 7. The molecule has 15 atom stereocenters. The number of alkyl halides is 3. The third kappa shape index (κ3) is 21.0. The number of carbonyl (C=O) groups is 12. The molecule has 7 aliphatic rings. The van der Waals surface area contributed by atoms with Gasteiger partial charge in [0.25, 0.3) is 0 Å². The minimum atomic E-state index is -4.43. The van der Waals surface area contributed by atoms with Gasteiger partial charge in [0.1, 0.15) is 53.9 Å². The number of amides is 12. The lowest BCUT2D eigenvalue weighted by Crippen LogP contribution is -2.71.